The second kappa shape index (κ2) is 6.87. The molecule has 0 unspecified atom stereocenters. The van der Waals surface area contributed by atoms with Crippen LogP contribution in [0.3, 0.4) is 0 Å². The van der Waals surface area contributed by atoms with Crippen LogP contribution in [0.15, 0.2) is 35.4 Å². The number of nitrogens with one attached hydrogen (secondary N) is 1. The van der Waals surface area contributed by atoms with Crippen LogP contribution in [0.25, 0.3) is 0 Å². The van der Waals surface area contributed by atoms with Gasteiger partial charge in [0.25, 0.3) is 0 Å². The van der Waals surface area contributed by atoms with Crippen molar-refractivity contribution in [3.63, 3.8) is 0 Å². The Hall–Kier alpha value is -1.66. The second-order valence-corrected chi connectivity index (χ2v) is 6.21. The van der Waals surface area contributed by atoms with Gasteiger partial charge in [0, 0.05) is 22.7 Å². The molecule has 1 aromatic heterocycles. The molecule has 0 radical (unpaired) electrons. The Morgan fingerprint density at radius 3 is 2.90 bits per heavy atom. The highest BCUT2D eigenvalue weighted by molar-refractivity contribution is 8.00. The van der Waals surface area contributed by atoms with Gasteiger partial charge < -0.3 is 11.1 Å². The predicted molar refractivity (Wildman–Crippen MR) is 87.8 cm³/mol. The summed E-state index contributed by atoms with van der Waals surface area (Å²) in [6.07, 6.45) is 1.67. The maximum absolute atomic E-state index is 12.0. The minimum atomic E-state index is -0.102. The number of halogens is 1. The van der Waals surface area contributed by atoms with Crippen LogP contribution in [-0.2, 0) is 4.79 Å². The van der Waals surface area contributed by atoms with Crippen molar-refractivity contribution in [2.75, 3.05) is 16.8 Å². The van der Waals surface area contributed by atoms with Crippen LogP contribution in [0.4, 0.5) is 11.5 Å². The number of anilines is 2. The molecule has 7 heteroatoms. The lowest BCUT2D eigenvalue weighted by atomic mass is 10.3. The van der Waals surface area contributed by atoms with Crippen molar-refractivity contribution < 1.29 is 4.79 Å². The highest BCUT2D eigenvalue weighted by atomic mass is 35.5. The van der Waals surface area contributed by atoms with Crippen molar-refractivity contribution in [2.24, 2.45) is 0 Å². The van der Waals surface area contributed by atoms with Gasteiger partial charge in [0.2, 0.25) is 5.91 Å². The largest absolute Gasteiger partial charge is 0.399 e. The number of aromatic nitrogens is 2. The minimum Gasteiger partial charge on any atom is -0.399 e. The number of hydrogen-bond donors (Lipinski definition) is 2. The van der Waals surface area contributed by atoms with Gasteiger partial charge in [0.15, 0.2) is 0 Å². The molecule has 0 fully saturated rings. The highest BCUT2D eigenvalue weighted by Gasteiger charge is 2.10. The van der Waals surface area contributed by atoms with E-state index in [9.17, 15) is 4.79 Å². The number of benzene rings is 1. The summed E-state index contributed by atoms with van der Waals surface area (Å²) < 4.78 is 1.76. The zero-order chi connectivity index (χ0) is 15.4. The SMILES string of the molecule is CC(C)n1nccc1NC(=O)CSc1ccc(N)cc1Cl. The number of thioether (sulfide) groups is 1. The van der Waals surface area contributed by atoms with E-state index in [1.165, 1.54) is 11.8 Å². The molecular weight excluding hydrogens is 308 g/mol. The normalized spacial score (nSPS) is 10.9. The number of hydrogen-bond acceptors (Lipinski definition) is 4. The zero-order valence-corrected chi connectivity index (χ0v) is 13.4. The van der Waals surface area contributed by atoms with Crippen LogP contribution in [0, 0.1) is 0 Å². The third-order valence-electron chi connectivity index (χ3n) is 2.74. The van der Waals surface area contributed by atoms with Crippen molar-refractivity contribution in [3.8, 4) is 0 Å². The molecule has 0 aliphatic rings. The third kappa shape index (κ3) is 4.15. The minimum absolute atomic E-state index is 0.102. The van der Waals surface area contributed by atoms with Gasteiger partial charge in [-0.2, -0.15) is 5.10 Å². The van der Waals surface area contributed by atoms with E-state index >= 15 is 0 Å². The van der Waals surface area contributed by atoms with Gasteiger partial charge in [-0.1, -0.05) is 11.6 Å². The first kappa shape index (κ1) is 15.7. The molecule has 3 N–H and O–H groups in total. The van der Waals surface area contributed by atoms with E-state index in [4.69, 9.17) is 17.3 Å². The number of amides is 1. The fourth-order valence-electron chi connectivity index (χ4n) is 1.78. The maximum atomic E-state index is 12.0. The Bertz CT molecular complexity index is 642. The highest BCUT2D eigenvalue weighted by Crippen LogP contribution is 2.28. The van der Waals surface area contributed by atoms with Gasteiger partial charge in [-0.25, -0.2) is 4.68 Å². The molecule has 2 rings (SSSR count). The molecule has 1 amide bonds. The van der Waals surface area contributed by atoms with Gasteiger partial charge in [0.05, 0.1) is 17.0 Å². The molecule has 0 atom stereocenters. The molecule has 1 heterocycles. The summed E-state index contributed by atoms with van der Waals surface area (Å²) in [7, 11) is 0. The lowest BCUT2D eigenvalue weighted by molar-refractivity contribution is -0.113. The molecule has 21 heavy (non-hydrogen) atoms. The first-order valence-corrected chi connectivity index (χ1v) is 7.85. The fourth-order valence-corrected chi connectivity index (χ4v) is 2.85. The first-order chi connectivity index (χ1) is 9.97. The van der Waals surface area contributed by atoms with Crippen LogP contribution in [0.2, 0.25) is 5.02 Å². The number of nitrogens with two attached hydrogens (primary N) is 1. The number of nitrogens with zero attached hydrogens (tertiary/aromatic N) is 2. The summed E-state index contributed by atoms with van der Waals surface area (Å²) in [6, 6.07) is 7.22. The van der Waals surface area contributed by atoms with Gasteiger partial charge in [-0.05, 0) is 32.0 Å². The summed E-state index contributed by atoms with van der Waals surface area (Å²) in [4.78, 5) is 12.8. The number of nitrogen functional groups attached to an aromatic ring is 1. The number of carbonyl (C=O) groups excluding carboxylic acids is 1. The summed E-state index contributed by atoms with van der Waals surface area (Å²) in [5, 5.41) is 7.57. The standard InChI is InChI=1S/C14H17ClN4OS/c1-9(2)19-13(5-6-17-19)18-14(20)8-21-12-4-3-10(16)7-11(12)15/h3-7,9H,8,16H2,1-2H3,(H,18,20). The molecule has 5 nitrogen and oxygen atoms in total. The van der Waals surface area contributed by atoms with Crippen LogP contribution in [-0.4, -0.2) is 21.4 Å². The fraction of sp³-hybridized carbons (Fsp3) is 0.286. The van der Waals surface area contributed by atoms with E-state index in [0.717, 1.165) is 4.90 Å². The first-order valence-electron chi connectivity index (χ1n) is 6.48. The van der Waals surface area contributed by atoms with Crippen LogP contribution in [0.5, 0.6) is 0 Å². The molecule has 112 valence electrons. The van der Waals surface area contributed by atoms with E-state index in [2.05, 4.69) is 10.4 Å². The van der Waals surface area contributed by atoms with Crippen LogP contribution < -0.4 is 11.1 Å². The lowest BCUT2D eigenvalue weighted by Crippen LogP contribution is -2.18. The maximum Gasteiger partial charge on any atom is 0.235 e. The topological polar surface area (TPSA) is 72.9 Å². The van der Waals surface area contributed by atoms with Crippen molar-refractivity contribution >= 4 is 40.8 Å². The molecule has 2 aromatic rings. The van der Waals surface area contributed by atoms with Crippen molar-refractivity contribution in [1.82, 2.24) is 9.78 Å². The summed E-state index contributed by atoms with van der Waals surface area (Å²) in [6.45, 7) is 4.01. The average molecular weight is 325 g/mol. The molecule has 0 aliphatic carbocycles. The zero-order valence-electron chi connectivity index (χ0n) is 11.8. The van der Waals surface area contributed by atoms with Gasteiger partial charge in [-0.3, -0.25) is 4.79 Å². The van der Waals surface area contributed by atoms with Crippen LogP contribution in [0.1, 0.15) is 19.9 Å². The average Bonchev–Trinajstić information content (AvgIpc) is 2.86. The molecule has 0 saturated carbocycles. The Morgan fingerprint density at radius 2 is 2.24 bits per heavy atom. The Balaban J connectivity index is 1.94. The van der Waals surface area contributed by atoms with E-state index in [0.29, 0.717) is 16.5 Å². The number of carbonyl (C=O) groups is 1. The summed E-state index contributed by atoms with van der Waals surface area (Å²) in [5.41, 5.74) is 6.24. The van der Waals surface area contributed by atoms with Gasteiger partial charge >= 0.3 is 0 Å². The quantitative estimate of drug-likeness (QED) is 0.653. The van der Waals surface area contributed by atoms with E-state index in [-0.39, 0.29) is 17.7 Å². The van der Waals surface area contributed by atoms with Gasteiger partial charge in [0.1, 0.15) is 5.82 Å². The lowest BCUT2D eigenvalue weighted by Gasteiger charge is -2.11. The molecule has 0 saturated heterocycles. The smallest absolute Gasteiger partial charge is 0.235 e. The van der Waals surface area contributed by atoms with E-state index < -0.39 is 0 Å². The Labute approximate surface area is 132 Å². The van der Waals surface area contributed by atoms with Crippen molar-refractivity contribution in [1.29, 1.82) is 0 Å². The third-order valence-corrected chi connectivity index (χ3v) is 4.24. The molecule has 0 bridgehead atoms. The molecular formula is C14H17ClN4OS. The van der Waals surface area contributed by atoms with E-state index in [1.807, 2.05) is 19.9 Å². The second-order valence-electron chi connectivity index (χ2n) is 4.78. The van der Waals surface area contributed by atoms with E-state index in [1.54, 1.807) is 29.1 Å². The van der Waals surface area contributed by atoms with Crippen LogP contribution >= 0.6 is 23.4 Å². The predicted octanol–water partition coefficient (Wildman–Crippen LogP) is 3.43. The van der Waals surface area contributed by atoms with Crippen molar-refractivity contribution in [2.45, 2.75) is 24.8 Å². The van der Waals surface area contributed by atoms with Crippen molar-refractivity contribution in [3.05, 3.63) is 35.5 Å². The number of rotatable bonds is 5. The molecule has 0 aliphatic heterocycles. The summed E-state index contributed by atoms with van der Waals surface area (Å²) >= 11 is 7.45. The molecule has 1 aromatic carbocycles. The monoisotopic (exact) mass is 324 g/mol. The Morgan fingerprint density at radius 1 is 1.48 bits per heavy atom. The van der Waals surface area contributed by atoms with Gasteiger partial charge in [-0.15, -0.1) is 11.8 Å². The Kier molecular flexibility index (Phi) is 5.14. The summed E-state index contributed by atoms with van der Waals surface area (Å²) in [5.74, 6) is 0.863. The molecule has 0 spiro atoms.